The number of likely N-dealkylation sites (tertiary alicyclic amines) is 1. The first kappa shape index (κ1) is 19.5. The molecule has 0 N–H and O–H groups in total. The van der Waals surface area contributed by atoms with Crippen LogP contribution in [0.3, 0.4) is 0 Å². The molecule has 1 atom stereocenters. The van der Waals surface area contributed by atoms with Crippen LogP contribution in [0.1, 0.15) is 40.0 Å². The minimum atomic E-state index is -3.69. The molecule has 0 bridgehead atoms. The zero-order chi connectivity index (χ0) is 18.4. The summed E-state index contributed by atoms with van der Waals surface area (Å²) in [5, 5.41) is -0.712. The van der Waals surface area contributed by atoms with Crippen molar-refractivity contribution in [3.05, 3.63) is 0 Å². The summed E-state index contributed by atoms with van der Waals surface area (Å²) in [6.45, 7) is 5.27. The van der Waals surface area contributed by atoms with Crippen LogP contribution in [-0.4, -0.2) is 69.4 Å². The molecule has 0 radical (unpaired) electrons. The van der Waals surface area contributed by atoms with E-state index in [1.54, 1.807) is 20.8 Å². The first-order valence-corrected chi connectivity index (χ1v) is 11.2. The maximum Gasteiger partial charge on any atom is 0.410 e. The molecule has 24 heavy (non-hydrogen) atoms. The highest BCUT2D eigenvalue weighted by Crippen LogP contribution is 2.47. The third kappa shape index (κ3) is 4.40. The molecule has 0 spiro atoms. The molecular formula is C14H25NO7S2. The summed E-state index contributed by atoms with van der Waals surface area (Å²) in [5.41, 5.74) is -0.644. The molecule has 1 saturated heterocycles. The highest BCUT2D eigenvalue weighted by atomic mass is 32.2. The molecular weight excluding hydrogens is 358 g/mol. The molecule has 10 heteroatoms. The molecule has 2 fully saturated rings. The molecule has 140 valence electrons. The first-order chi connectivity index (χ1) is 10.8. The lowest BCUT2D eigenvalue weighted by Crippen LogP contribution is -2.41. The van der Waals surface area contributed by atoms with E-state index in [1.807, 2.05) is 0 Å². The van der Waals surface area contributed by atoms with Gasteiger partial charge in [-0.2, -0.15) is 8.42 Å². The van der Waals surface area contributed by atoms with Gasteiger partial charge in [-0.25, -0.2) is 13.2 Å². The van der Waals surface area contributed by atoms with Gasteiger partial charge in [0.05, 0.1) is 22.9 Å². The SMILES string of the molecule is CC(C)(C)OC(=O)N1CCC(S(=O)(=O)C2(COS(C)(=O)=O)CC2)C1. The van der Waals surface area contributed by atoms with Crippen LogP contribution in [0.4, 0.5) is 4.79 Å². The zero-order valence-corrected chi connectivity index (χ0v) is 16.1. The van der Waals surface area contributed by atoms with Crippen molar-refractivity contribution < 1.29 is 30.6 Å². The van der Waals surface area contributed by atoms with E-state index in [0.29, 0.717) is 25.8 Å². The number of carbonyl (C=O) groups excluding carboxylic acids is 1. The summed E-state index contributed by atoms with van der Waals surface area (Å²) < 4.78 is 56.8. The Morgan fingerprint density at radius 3 is 2.25 bits per heavy atom. The predicted molar refractivity (Wildman–Crippen MR) is 87.9 cm³/mol. The van der Waals surface area contributed by atoms with Gasteiger partial charge in [0.1, 0.15) is 5.60 Å². The minimum absolute atomic E-state index is 0.0673. The topological polar surface area (TPSA) is 107 Å². The summed E-state index contributed by atoms with van der Waals surface area (Å²) in [6.07, 6.45) is 1.46. The molecule has 1 amide bonds. The molecule has 1 aliphatic carbocycles. The van der Waals surface area contributed by atoms with Crippen LogP contribution >= 0.6 is 0 Å². The predicted octanol–water partition coefficient (Wildman–Crippen LogP) is 0.919. The largest absolute Gasteiger partial charge is 0.444 e. The molecule has 1 unspecified atom stereocenters. The van der Waals surface area contributed by atoms with Crippen LogP contribution in [0.5, 0.6) is 0 Å². The van der Waals surface area contributed by atoms with Crippen molar-refractivity contribution in [1.29, 1.82) is 0 Å². The van der Waals surface area contributed by atoms with Gasteiger partial charge in [0.25, 0.3) is 10.1 Å². The Morgan fingerprint density at radius 2 is 1.79 bits per heavy atom. The molecule has 0 aromatic carbocycles. The normalized spacial score (nSPS) is 24.0. The van der Waals surface area contributed by atoms with Crippen LogP contribution in [0.15, 0.2) is 0 Å². The van der Waals surface area contributed by atoms with Gasteiger partial charge < -0.3 is 9.64 Å². The highest BCUT2D eigenvalue weighted by molar-refractivity contribution is 7.93. The fourth-order valence-corrected chi connectivity index (χ4v) is 5.60. The Hall–Kier alpha value is -0.870. The van der Waals surface area contributed by atoms with Crippen molar-refractivity contribution in [1.82, 2.24) is 4.90 Å². The molecule has 8 nitrogen and oxygen atoms in total. The van der Waals surface area contributed by atoms with E-state index in [2.05, 4.69) is 0 Å². The fourth-order valence-electron chi connectivity index (χ4n) is 2.69. The number of amides is 1. The number of nitrogens with zero attached hydrogens (tertiary/aromatic N) is 1. The lowest BCUT2D eigenvalue weighted by molar-refractivity contribution is 0.0295. The van der Waals surface area contributed by atoms with Gasteiger partial charge in [-0.05, 0) is 40.0 Å². The standard InChI is InChI=1S/C14H25NO7S2/c1-13(2,3)22-12(16)15-8-5-11(9-15)24(19,20)14(6-7-14)10-21-23(4,17)18/h11H,5-10H2,1-4H3. The Balaban J connectivity index is 2.03. The van der Waals surface area contributed by atoms with Gasteiger partial charge in [-0.3, -0.25) is 4.18 Å². The quantitative estimate of drug-likeness (QED) is 0.650. The summed E-state index contributed by atoms with van der Waals surface area (Å²) in [6, 6.07) is 0. The van der Waals surface area contributed by atoms with Crippen LogP contribution in [0, 0.1) is 0 Å². The van der Waals surface area contributed by atoms with E-state index in [1.165, 1.54) is 4.90 Å². The van der Waals surface area contributed by atoms with E-state index < -0.39 is 41.6 Å². The van der Waals surface area contributed by atoms with Crippen molar-refractivity contribution in [2.45, 2.75) is 55.6 Å². The lowest BCUT2D eigenvalue weighted by atomic mass is 10.2. The van der Waals surface area contributed by atoms with Crippen LogP contribution in [0.2, 0.25) is 0 Å². The first-order valence-electron chi connectivity index (χ1n) is 7.82. The summed E-state index contributed by atoms with van der Waals surface area (Å²) in [5.74, 6) is 0. The third-order valence-electron chi connectivity index (χ3n) is 4.18. The van der Waals surface area contributed by atoms with Gasteiger partial charge >= 0.3 is 6.09 Å². The molecule has 2 rings (SSSR count). The van der Waals surface area contributed by atoms with Crippen molar-refractivity contribution >= 4 is 26.0 Å². The number of carbonyl (C=O) groups is 1. The number of rotatable bonds is 5. The average Bonchev–Trinajstić information content (AvgIpc) is 3.02. The summed E-state index contributed by atoms with van der Waals surface area (Å²) >= 11 is 0. The average molecular weight is 383 g/mol. The van der Waals surface area contributed by atoms with Gasteiger partial charge in [0, 0.05) is 13.1 Å². The fraction of sp³-hybridized carbons (Fsp3) is 0.929. The van der Waals surface area contributed by atoms with E-state index in [9.17, 15) is 21.6 Å². The number of hydrogen-bond acceptors (Lipinski definition) is 7. The third-order valence-corrected chi connectivity index (χ3v) is 7.72. The van der Waals surface area contributed by atoms with Gasteiger partial charge in [-0.1, -0.05) is 0 Å². The molecule has 0 aromatic rings. The van der Waals surface area contributed by atoms with E-state index in [4.69, 9.17) is 8.92 Å². The van der Waals surface area contributed by atoms with Crippen molar-refractivity contribution in [2.24, 2.45) is 0 Å². The second-order valence-electron chi connectivity index (χ2n) is 7.53. The summed E-state index contributed by atoms with van der Waals surface area (Å²) in [7, 11) is -7.29. The highest BCUT2D eigenvalue weighted by Gasteiger charge is 2.58. The number of sulfone groups is 1. The van der Waals surface area contributed by atoms with E-state index in [0.717, 1.165) is 6.26 Å². The zero-order valence-electron chi connectivity index (χ0n) is 14.4. The van der Waals surface area contributed by atoms with Crippen molar-refractivity contribution in [3.8, 4) is 0 Å². The van der Waals surface area contributed by atoms with Crippen LogP contribution < -0.4 is 0 Å². The Kier molecular flexibility index (Phi) is 4.97. The monoisotopic (exact) mass is 383 g/mol. The molecule has 1 aliphatic heterocycles. The van der Waals surface area contributed by atoms with Gasteiger partial charge in [-0.15, -0.1) is 0 Å². The van der Waals surface area contributed by atoms with Crippen molar-refractivity contribution in [2.75, 3.05) is 26.0 Å². The second kappa shape index (κ2) is 6.14. The Bertz CT molecular complexity index is 702. The Morgan fingerprint density at radius 1 is 1.21 bits per heavy atom. The molecule has 1 heterocycles. The van der Waals surface area contributed by atoms with E-state index in [-0.39, 0.29) is 13.2 Å². The molecule has 1 saturated carbocycles. The maximum absolute atomic E-state index is 12.8. The Labute approximate surface area is 143 Å². The second-order valence-corrected chi connectivity index (χ2v) is 11.8. The smallest absolute Gasteiger partial charge is 0.410 e. The lowest BCUT2D eigenvalue weighted by Gasteiger charge is -2.25. The van der Waals surface area contributed by atoms with Gasteiger partial charge in [0.15, 0.2) is 9.84 Å². The van der Waals surface area contributed by atoms with Crippen LogP contribution in [0.25, 0.3) is 0 Å². The number of hydrogen-bond donors (Lipinski definition) is 0. The molecule has 2 aliphatic rings. The molecule has 0 aromatic heterocycles. The van der Waals surface area contributed by atoms with Crippen LogP contribution in [-0.2, 0) is 28.9 Å². The minimum Gasteiger partial charge on any atom is -0.444 e. The van der Waals surface area contributed by atoms with Crippen molar-refractivity contribution in [3.63, 3.8) is 0 Å². The van der Waals surface area contributed by atoms with E-state index >= 15 is 0 Å². The number of ether oxygens (including phenoxy) is 1. The maximum atomic E-state index is 12.8. The summed E-state index contributed by atoms with van der Waals surface area (Å²) in [4.78, 5) is 13.5. The van der Waals surface area contributed by atoms with Gasteiger partial charge in [0.2, 0.25) is 0 Å².